The number of carbonyl (C=O) groups is 1. The third-order valence-corrected chi connectivity index (χ3v) is 3.23. The van der Waals surface area contributed by atoms with E-state index in [4.69, 9.17) is 14.6 Å². The molecule has 1 N–H and O–H groups in total. The van der Waals surface area contributed by atoms with Crippen LogP contribution in [0.3, 0.4) is 0 Å². The van der Waals surface area contributed by atoms with Gasteiger partial charge in [-0.25, -0.2) is 9.78 Å². The Morgan fingerprint density at radius 3 is 2.60 bits per heavy atom. The molecule has 0 atom stereocenters. The van der Waals surface area contributed by atoms with Crippen LogP contribution in [0.2, 0.25) is 0 Å². The van der Waals surface area contributed by atoms with Gasteiger partial charge in [-0.3, -0.25) is 0 Å². The lowest BCUT2D eigenvalue weighted by molar-refractivity contribution is -0.194. The number of carboxylic acids is 1. The monoisotopic (exact) mass is 291 g/mol. The normalized spacial score (nSPS) is 16.6. The molecule has 0 unspecified atom stereocenters. The van der Waals surface area contributed by atoms with Crippen LogP contribution in [0.25, 0.3) is 0 Å². The summed E-state index contributed by atoms with van der Waals surface area (Å²) in [5, 5.41) is 8.79. The number of rotatable bonds is 5. The lowest BCUT2D eigenvalue weighted by Crippen LogP contribution is -2.30. The second kappa shape index (κ2) is 4.84. The number of hydrogen-bond acceptors (Lipinski definition) is 4. The Morgan fingerprint density at radius 2 is 2.15 bits per heavy atom. The second-order valence-electron chi connectivity index (χ2n) is 4.60. The van der Waals surface area contributed by atoms with Crippen molar-refractivity contribution in [1.29, 1.82) is 0 Å². The smallest absolute Gasteiger partial charge is 0.397 e. The molecule has 0 bridgehead atoms. The minimum absolute atomic E-state index is 0.0112. The van der Waals surface area contributed by atoms with Crippen LogP contribution in [0, 0.1) is 5.41 Å². The largest absolute Gasteiger partial charge is 0.491 e. The molecule has 1 aliphatic rings. The van der Waals surface area contributed by atoms with Crippen molar-refractivity contribution in [2.24, 2.45) is 5.41 Å². The van der Waals surface area contributed by atoms with E-state index in [1.807, 2.05) is 0 Å². The van der Waals surface area contributed by atoms with E-state index in [0.717, 1.165) is 12.3 Å². The van der Waals surface area contributed by atoms with Crippen LogP contribution in [0.5, 0.6) is 11.6 Å². The molecule has 1 aromatic rings. The van der Waals surface area contributed by atoms with Gasteiger partial charge in [0, 0.05) is 12.3 Å². The van der Waals surface area contributed by atoms with Gasteiger partial charge in [0.05, 0.1) is 12.7 Å². The van der Waals surface area contributed by atoms with E-state index in [9.17, 15) is 18.0 Å². The van der Waals surface area contributed by atoms with E-state index >= 15 is 0 Å². The molecule has 20 heavy (non-hydrogen) atoms. The molecule has 0 saturated heterocycles. The molecular weight excluding hydrogens is 279 g/mol. The zero-order chi connectivity index (χ0) is 15.0. The molecule has 0 aromatic carbocycles. The highest BCUT2D eigenvalue weighted by molar-refractivity contribution is 5.87. The van der Waals surface area contributed by atoms with Gasteiger partial charge < -0.3 is 14.6 Å². The van der Waals surface area contributed by atoms with Gasteiger partial charge in [0.25, 0.3) is 5.88 Å². The molecule has 0 radical (unpaired) electrons. The van der Waals surface area contributed by atoms with Crippen molar-refractivity contribution in [3.8, 4) is 11.6 Å². The van der Waals surface area contributed by atoms with Gasteiger partial charge in [-0.05, 0) is 12.8 Å². The summed E-state index contributed by atoms with van der Waals surface area (Å²) in [5.74, 6) is -1.37. The van der Waals surface area contributed by atoms with Crippen molar-refractivity contribution in [1.82, 2.24) is 4.98 Å². The Labute approximate surface area is 112 Å². The van der Waals surface area contributed by atoms with Crippen LogP contribution in [0.4, 0.5) is 13.2 Å². The Kier molecular flexibility index (Phi) is 3.49. The summed E-state index contributed by atoms with van der Waals surface area (Å²) in [4.78, 5) is 14.4. The number of hydrogen-bond donors (Lipinski definition) is 1. The van der Waals surface area contributed by atoms with Crippen molar-refractivity contribution in [3.63, 3.8) is 0 Å². The zero-order valence-electron chi connectivity index (χ0n) is 10.5. The fourth-order valence-corrected chi connectivity index (χ4v) is 1.67. The van der Waals surface area contributed by atoms with Crippen molar-refractivity contribution in [2.45, 2.75) is 19.0 Å². The summed E-state index contributed by atoms with van der Waals surface area (Å²) >= 11 is 0. The summed E-state index contributed by atoms with van der Waals surface area (Å²) in [6.45, 7) is -0.549. The first-order chi connectivity index (χ1) is 9.29. The molecule has 0 amide bonds. The van der Waals surface area contributed by atoms with Gasteiger partial charge >= 0.3 is 12.1 Å². The van der Waals surface area contributed by atoms with Gasteiger partial charge in [0.2, 0.25) is 0 Å². The van der Waals surface area contributed by atoms with Crippen LogP contribution < -0.4 is 9.47 Å². The van der Waals surface area contributed by atoms with Crippen molar-refractivity contribution in [2.75, 3.05) is 13.7 Å². The first kappa shape index (κ1) is 14.4. The Hall–Kier alpha value is -1.99. The van der Waals surface area contributed by atoms with E-state index in [-0.39, 0.29) is 30.0 Å². The number of nitrogens with zero attached hydrogens (tertiary/aromatic N) is 1. The van der Waals surface area contributed by atoms with E-state index < -0.39 is 24.2 Å². The average molecular weight is 291 g/mol. The third kappa shape index (κ3) is 2.63. The number of aromatic carboxylic acids is 1. The highest BCUT2D eigenvalue weighted by Gasteiger charge is 2.64. The molecule has 0 spiro atoms. The standard InChI is InChI=1S/C12H12F3NO4/c1-19-8-4-7(10(17)18)5-16-9(8)20-6-11(2-3-11)12(13,14)15/h4-5H,2-3,6H2,1H3,(H,17,18). The lowest BCUT2D eigenvalue weighted by atomic mass is 10.1. The molecule has 1 fully saturated rings. The van der Waals surface area contributed by atoms with Gasteiger partial charge in [-0.1, -0.05) is 0 Å². The first-order valence-electron chi connectivity index (χ1n) is 5.76. The Balaban J connectivity index is 2.12. The van der Waals surface area contributed by atoms with Crippen LogP contribution in [-0.4, -0.2) is 36.0 Å². The van der Waals surface area contributed by atoms with E-state index in [2.05, 4.69) is 4.98 Å². The third-order valence-electron chi connectivity index (χ3n) is 3.23. The number of pyridine rings is 1. The number of carboxylic acid groups (broad SMARTS) is 1. The first-order valence-corrected chi connectivity index (χ1v) is 5.76. The van der Waals surface area contributed by atoms with Gasteiger partial charge in [0.1, 0.15) is 12.0 Å². The van der Waals surface area contributed by atoms with E-state index in [1.54, 1.807) is 0 Å². The van der Waals surface area contributed by atoms with Crippen molar-refractivity contribution < 1.29 is 32.5 Å². The predicted molar refractivity (Wildman–Crippen MR) is 61.0 cm³/mol. The molecule has 1 heterocycles. The molecule has 1 aromatic heterocycles. The maximum atomic E-state index is 12.7. The zero-order valence-corrected chi connectivity index (χ0v) is 10.5. The van der Waals surface area contributed by atoms with Gasteiger partial charge in [0.15, 0.2) is 5.75 Å². The van der Waals surface area contributed by atoms with Crippen molar-refractivity contribution in [3.05, 3.63) is 17.8 Å². The fourth-order valence-electron chi connectivity index (χ4n) is 1.67. The molecule has 2 rings (SSSR count). The van der Waals surface area contributed by atoms with Gasteiger partial charge in [-0.2, -0.15) is 13.2 Å². The molecule has 5 nitrogen and oxygen atoms in total. The molecule has 1 saturated carbocycles. The summed E-state index contributed by atoms with van der Waals surface area (Å²) < 4.78 is 48.2. The summed E-state index contributed by atoms with van der Waals surface area (Å²) in [7, 11) is 1.26. The molecule has 8 heteroatoms. The Bertz CT molecular complexity index is 526. The molecule has 110 valence electrons. The maximum absolute atomic E-state index is 12.7. The maximum Gasteiger partial charge on any atom is 0.397 e. The highest BCUT2D eigenvalue weighted by atomic mass is 19.4. The van der Waals surface area contributed by atoms with Gasteiger partial charge in [-0.15, -0.1) is 0 Å². The van der Waals surface area contributed by atoms with Crippen LogP contribution in [0.15, 0.2) is 12.3 Å². The molecule has 0 aliphatic heterocycles. The quantitative estimate of drug-likeness (QED) is 0.902. The summed E-state index contributed by atoms with van der Waals surface area (Å²) in [6, 6.07) is 1.15. The number of halogens is 3. The van der Waals surface area contributed by atoms with Crippen LogP contribution in [-0.2, 0) is 0 Å². The van der Waals surface area contributed by atoms with Crippen molar-refractivity contribution >= 4 is 5.97 Å². The topological polar surface area (TPSA) is 68.7 Å². The molecular formula is C12H12F3NO4. The number of alkyl halides is 3. The fraction of sp³-hybridized carbons (Fsp3) is 0.500. The highest BCUT2D eigenvalue weighted by Crippen LogP contribution is 2.57. The van der Waals surface area contributed by atoms with E-state index in [0.29, 0.717) is 0 Å². The number of methoxy groups -OCH3 is 1. The SMILES string of the molecule is COc1cc(C(=O)O)cnc1OCC1(C(F)(F)F)CC1. The average Bonchev–Trinajstić information content (AvgIpc) is 3.16. The molecule has 1 aliphatic carbocycles. The number of ether oxygens (including phenoxy) is 2. The Morgan fingerprint density at radius 1 is 1.50 bits per heavy atom. The predicted octanol–water partition coefficient (Wildman–Crippen LogP) is 2.51. The summed E-state index contributed by atoms with van der Waals surface area (Å²) in [6.07, 6.45) is -3.27. The number of aromatic nitrogens is 1. The lowest BCUT2D eigenvalue weighted by Gasteiger charge is -2.19. The van der Waals surface area contributed by atoms with Crippen LogP contribution >= 0.6 is 0 Å². The summed E-state index contributed by atoms with van der Waals surface area (Å²) in [5.41, 5.74) is -1.95. The minimum Gasteiger partial charge on any atom is -0.491 e. The van der Waals surface area contributed by atoms with E-state index in [1.165, 1.54) is 7.11 Å². The minimum atomic E-state index is -4.32. The second-order valence-corrected chi connectivity index (χ2v) is 4.60. The van der Waals surface area contributed by atoms with Crippen LogP contribution in [0.1, 0.15) is 23.2 Å².